The summed E-state index contributed by atoms with van der Waals surface area (Å²) in [6.45, 7) is 4.12. The first kappa shape index (κ1) is 19.9. The summed E-state index contributed by atoms with van der Waals surface area (Å²) in [7, 11) is 0. The van der Waals surface area contributed by atoms with E-state index in [1.165, 1.54) is 6.20 Å². The zero-order chi connectivity index (χ0) is 21.6. The van der Waals surface area contributed by atoms with Crippen LogP contribution in [-0.4, -0.2) is 35.6 Å². The molecule has 0 saturated heterocycles. The van der Waals surface area contributed by atoms with Gasteiger partial charge in [0, 0.05) is 29.4 Å². The number of nitrogens with zero attached hydrogens (tertiary/aromatic N) is 6. The molecule has 3 heterocycles. The van der Waals surface area contributed by atoms with Gasteiger partial charge >= 0.3 is 0 Å². The molecule has 0 fully saturated rings. The fourth-order valence-corrected chi connectivity index (χ4v) is 2.96. The Hall–Kier alpha value is -4.38. The van der Waals surface area contributed by atoms with Crippen molar-refractivity contribution >= 4 is 5.91 Å². The first-order valence-corrected chi connectivity index (χ1v) is 9.67. The van der Waals surface area contributed by atoms with Crippen LogP contribution in [0.1, 0.15) is 35.9 Å². The van der Waals surface area contributed by atoms with Crippen molar-refractivity contribution < 1.29 is 4.79 Å². The molecule has 3 aromatic heterocycles. The van der Waals surface area contributed by atoms with Gasteiger partial charge in [0.25, 0.3) is 5.91 Å². The Bertz CT molecular complexity index is 1270. The number of nitrogens with one attached hydrogen (secondary N) is 1. The molecule has 0 bridgehead atoms. The van der Waals surface area contributed by atoms with E-state index in [-0.39, 0.29) is 11.9 Å². The molecule has 0 saturated carbocycles. The Kier molecular flexibility index (Phi) is 5.76. The molecule has 0 atom stereocenters. The van der Waals surface area contributed by atoms with E-state index in [1.54, 1.807) is 43.0 Å². The minimum atomic E-state index is -0.280. The zero-order valence-corrected chi connectivity index (χ0v) is 17.0. The zero-order valence-electron chi connectivity index (χ0n) is 17.0. The smallest absolute Gasteiger partial charge is 0.262 e. The molecule has 0 aliphatic rings. The van der Waals surface area contributed by atoms with Gasteiger partial charge in [-0.1, -0.05) is 18.2 Å². The number of hydrogen-bond donors (Lipinski definition) is 1. The highest BCUT2D eigenvalue weighted by Crippen LogP contribution is 2.28. The van der Waals surface area contributed by atoms with Crippen molar-refractivity contribution in [3.63, 3.8) is 0 Å². The summed E-state index contributed by atoms with van der Waals surface area (Å²) in [5, 5.41) is 10.9. The minimum Gasteiger partial charge on any atom is -0.311 e. The number of amides is 1. The molecule has 4 rings (SSSR count). The Morgan fingerprint density at radius 1 is 1.10 bits per heavy atom. The third kappa shape index (κ3) is 4.46. The molecule has 152 valence electrons. The van der Waals surface area contributed by atoms with E-state index in [0.29, 0.717) is 28.5 Å². The summed E-state index contributed by atoms with van der Waals surface area (Å²) in [5.74, 6) is 3.24. The summed E-state index contributed by atoms with van der Waals surface area (Å²) in [6, 6.07) is 15.5. The van der Waals surface area contributed by atoms with Crippen LogP contribution in [-0.2, 0) is 0 Å². The molecule has 31 heavy (non-hydrogen) atoms. The highest BCUT2D eigenvalue weighted by Gasteiger charge is 2.17. The Morgan fingerprint density at radius 3 is 2.74 bits per heavy atom. The van der Waals surface area contributed by atoms with E-state index in [4.69, 9.17) is 0 Å². The van der Waals surface area contributed by atoms with E-state index >= 15 is 0 Å². The summed E-state index contributed by atoms with van der Waals surface area (Å²) < 4.78 is 1.97. The normalized spacial score (nSPS) is 10.4. The topological polar surface area (TPSA) is 98.5 Å². The van der Waals surface area contributed by atoms with Gasteiger partial charge in [-0.15, -0.1) is 10.2 Å². The molecule has 4 aromatic rings. The van der Waals surface area contributed by atoms with Crippen molar-refractivity contribution in [1.29, 1.82) is 0 Å². The van der Waals surface area contributed by atoms with Crippen LogP contribution in [0.2, 0.25) is 0 Å². The van der Waals surface area contributed by atoms with Crippen molar-refractivity contribution in [3.05, 3.63) is 78.6 Å². The third-order valence-electron chi connectivity index (χ3n) is 4.46. The van der Waals surface area contributed by atoms with Gasteiger partial charge in [-0.2, -0.15) is 0 Å². The number of aromatic nitrogens is 6. The van der Waals surface area contributed by atoms with Gasteiger partial charge in [0.05, 0.1) is 12.4 Å². The molecule has 0 spiro atoms. The second-order valence-electron chi connectivity index (χ2n) is 6.91. The minimum absolute atomic E-state index is 0.189. The maximum Gasteiger partial charge on any atom is 0.262 e. The number of carbonyl (C=O) groups is 1. The van der Waals surface area contributed by atoms with Crippen LogP contribution in [0.5, 0.6) is 0 Å². The monoisotopic (exact) mass is 409 g/mol. The van der Waals surface area contributed by atoms with Crippen LogP contribution in [0, 0.1) is 12.0 Å². The van der Waals surface area contributed by atoms with Gasteiger partial charge in [-0.3, -0.25) is 20.1 Å². The number of benzene rings is 1. The summed E-state index contributed by atoms with van der Waals surface area (Å²) in [5.41, 5.74) is 2.92. The predicted molar refractivity (Wildman–Crippen MR) is 115 cm³/mol. The van der Waals surface area contributed by atoms with Gasteiger partial charge in [-0.25, -0.2) is 4.98 Å². The SMILES string of the molecule is CC(C)n1cnnc1-c1cccnc1-c1cncc(C#CNC(=O)c2ccccc2)n1. The van der Waals surface area contributed by atoms with Crippen molar-refractivity contribution in [2.24, 2.45) is 0 Å². The van der Waals surface area contributed by atoms with Crippen LogP contribution in [0.3, 0.4) is 0 Å². The Labute approximate surface area is 179 Å². The molecule has 0 radical (unpaired) electrons. The molecule has 8 heteroatoms. The third-order valence-corrected chi connectivity index (χ3v) is 4.46. The maximum atomic E-state index is 12.1. The van der Waals surface area contributed by atoms with Gasteiger partial charge in [0.15, 0.2) is 5.82 Å². The van der Waals surface area contributed by atoms with Crippen molar-refractivity contribution in [2.75, 3.05) is 0 Å². The lowest BCUT2D eigenvalue weighted by Crippen LogP contribution is -2.17. The molecular formula is C23H19N7O. The Morgan fingerprint density at radius 2 is 1.94 bits per heavy atom. The lowest BCUT2D eigenvalue weighted by molar-refractivity contribution is 0.0973. The molecule has 1 aromatic carbocycles. The van der Waals surface area contributed by atoms with Crippen molar-refractivity contribution in [2.45, 2.75) is 19.9 Å². The first-order chi connectivity index (χ1) is 15.1. The van der Waals surface area contributed by atoms with Gasteiger partial charge in [0.1, 0.15) is 23.4 Å². The second-order valence-corrected chi connectivity index (χ2v) is 6.91. The Balaban J connectivity index is 1.62. The van der Waals surface area contributed by atoms with Gasteiger partial charge in [0.2, 0.25) is 0 Å². The number of hydrogen-bond acceptors (Lipinski definition) is 6. The van der Waals surface area contributed by atoms with E-state index in [2.05, 4.69) is 56.3 Å². The summed E-state index contributed by atoms with van der Waals surface area (Å²) in [6.07, 6.45) is 6.54. The number of pyridine rings is 1. The van der Waals surface area contributed by atoms with Gasteiger partial charge in [-0.05, 0) is 44.0 Å². The standard InChI is InChI=1S/C23H19N7O/c1-16(2)30-15-27-29-22(30)19-9-6-11-25-21(19)20-14-24-13-18(28-20)10-12-26-23(31)17-7-4-3-5-8-17/h3-9,11,13-16H,1-2H3,(H,26,31). The number of rotatable bonds is 4. The summed E-state index contributed by atoms with van der Waals surface area (Å²) in [4.78, 5) is 25.4. The quantitative estimate of drug-likeness (QED) is 0.411. The van der Waals surface area contributed by atoms with Crippen LogP contribution >= 0.6 is 0 Å². The fraction of sp³-hybridized carbons (Fsp3) is 0.130. The van der Waals surface area contributed by atoms with E-state index in [9.17, 15) is 4.79 Å². The number of carbonyl (C=O) groups excluding carboxylic acids is 1. The van der Waals surface area contributed by atoms with Crippen LogP contribution in [0.4, 0.5) is 0 Å². The van der Waals surface area contributed by atoms with Crippen LogP contribution < -0.4 is 5.32 Å². The highest BCUT2D eigenvalue weighted by atomic mass is 16.1. The largest absolute Gasteiger partial charge is 0.311 e. The molecule has 8 nitrogen and oxygen atoms in total. The average molecular weight is 409 g/mol. The van der Waals surface area contributed by atoms with Crippen LogP contribution in [0.25, 0.3) is 22.8 Å². The molecular weight excluding hydrogens is 390 g/mol. The lowest BCUT2D eigenvalue weighted by Gasteiger charge is -2.12. The predicted octanol–water partition coefficient (Wildman–Crippen LogP) is 3.12. The highest BCUT2D eigenvalue weighted by molar-refractivity contribution is 5.95. The van der Waals surface area contributed by atoms with E-state index < -0.39 is 0 Å². The van der Waals surface area contributed by atoms with Crippen molar-refractivity contribution in [1.82, 2.24) is 35.0 Å². The van der Waals surface area contributed by atoms with Gasteiger partial charge < -0.3 is 4.57 Å². The molecule has 0 unspecified atom stereocenters. The van der Waals surface area contributed by atoms with Crippen LogP contribution in [0.15, 0.2) is 67.4 Å². The molecule has 1 N–H and O–H groups in total. The first-order valence-electron chi connectivity index (χ1n) is 9.67. The fourth-order valence-electron chi connectivity index (χ4n) is 2.96. The summed E-state index contributed by atoms with van der Waals surface area (Å²) >= 11 is 0. The lowest BCUT2D eigenvalue weighted by atomic mass is 10.1. The molecule has 0 aliphatic heterocycles. The second kappa shape index (κ2) is 8.97. The van der Waals surface area contributed by atoms with Crippen molar-refractivity contribution in [3.8, 4) is 34.7 Å². The molecule has 0 aliphatic carbocycles. The van der Waals surface area contributed by atoms with E-state index in [1.807, 2.05) is 22.8 Å². The average Bonchev–Trinajstić information content (AvgIpc) is 3.30. The maximum absolute atomic E-state index is 12.1. The molecule has 1 amide bonds. The van der Waals surface area contributed by atoms with E-state index in [0.717, 1.165) is 5.56 Å².